The molecule has 1 aromatic rings. The Morgan fingerprint density at radius 2 is 2.07 bits per heavy atom. The second-order valence-corrected chi connectivity index (χ2v) is 5.08. The van der Waals surface area contributed by atoms with E-state index in [1.54, 1.807) is 0 Å². The van der Waals surface area contributed by atoms with Gasteiger partial charge in [-0.05, 0) is 36.3 Å². The molecule has 0 aliphatic heterocycles. The van der Waals surface area contributed by atoms with Crippen molar-refractivity contribution in [3.05, 3.63) is 35.4 Å². The fraction of sp³-hybridized carbons (Fsp3) is 0.462. The van der Waals surface area contributed by atoms with Gasteiger partial charge < -0.3 is 4.79 Å². The number of hydrogen-bond acceptors (Lipinski definition) is 1. The Kier molecular flexibility index (Phi) is 0.935. The highest BCUT2D eigenvalue weighted by atomic mass is 16.1. The van der Waals surface area contributed by atoms with Gasteiger partial charge in [0.15, 0.2) is 0 Å². The van der Waals surface area contributed by atoms with Crippen LogP contribution in [-0.4, -0.2) is 6.29 Å². The summed E-state index contributed by atoms with van der Waals surface area (Å²) in [6, 6.07) is 8.67. The van der Waals surface area contributed by atoms with Gasteiger partial charge in [-0.3, -0.25) is 0 Å². The molecule has 2 atom stereocenters. The third-order valence-corrected chi connectivity index (χ3v) is 4.71. The van der Waals surface area contributed by atoms with Gasteiger partial charge in [-0.15, -0.1) is 0 Å². The normalized spacial score (nSPS) is 39.0. The lowest BCUT2D eigenvalue weighted by molar-refractivity contribution is -0.113. The SMILES string of the molecule is O=CC12CC1c1ccccc1C21CC1. The van der Waals surface area contributed by atoms with Gasteiger partial charge in [-0.25, -0.2) is 0 Å². The predicted molar refractivity (Wildman–Crippen MR) is 53.2 cm³/mol. The Morgan fingerprint density at radius 1 is 1.29 bits per heavy atom. The molecule has 2 unspecified atom stereocenters. The lowest BCUT2D eigenvalue weighted by Crippen LogP contribution is -2.20. The van der Waals surface area contributed by atoms with Crippen molar-refractivity contribution < 1.29 is 4.79 Å². The number of rotatable bonds is 1. The van der Waals surface area contributed by atoms with E-state index < -0.39 is 0 Å². The molecule has 1 heteroatoms. The van der Waals surface area contributed by atoms with Crippen LogP contribution in [0.2, 0.25) is 0 Å². The number of hydrogen-bond donors (Lipinski definition) is 0. The summed E-state index contributed by atoms with van der Waals surface area (Å²) in [4.78, 5) is 11.3. The van der Waals surface area contributed by atoms with Crippen LogP contribution in [0.5, 0.6) is 0 Å². The number of carbonyl (C=O) groups is 1. The van der Waals surface area contributed by atoms with E-state index in [0.717, 1.165) is 6.42 Å². The quantitative estimate of drug-likeness (QED) is 0.612. The summed E-state index contributed by atoms with van der Waals surface area (Å²) in [6.45, 7) is 0. The Labute approximate surface area is 83.1 Å². The lowest BCUT2D eigenvalue weighted by atomic mass is 9.84. The van der Waals surface area contributed by atoms with Crippen molar-refractivity contribution in [2.24, 2.45) is 5.41 Å². The first-order valence-corrected chi connectivity index (χ1v) is 5.40. The van der Waals surface area contributed by atoms with Crippen molar-refractivity contribution in [3.63, 3.8) is 0 Å². The largest absolute Gasteiger partial charge is 0.303 e. The van der Waals surface area contributed by atoms with Crippen molar-refractivity contribution in [1.29, 1.82) is 0 Å². The summed E-state index contributed by atoms with van der Waals surface area (Å²) in [5, 5.41) is 0. The van der Waals surface area contributed by atoms with Crippen LogP contribution in [0.15, 0.2) is 24.3 Å². The van der Waals surface area contributed by atoms with Crippen molar-refractivity contribution in [3.8, 4) is 0 Å². The highest BCUT2D eigenvalue weighted by molar-refractivity contribution is 5.78. The third-order valence-electron chi connectivity index (χ3n) is 4.71. The fourth-order valence-electron chi connectivity index (χ4n) is 3.79. The van der Waals surface area contributed by atoms with E-state index in [-0.39, 0.29) is 10.8 Å². The van der Waals surface area contributed by atoms with E-state index in [9.17, 15) is 4.79 Å². The van der Waals surface area contributed by atoms with E-state index in [1.165, 1.54) is 30.3 Å². The number of benzene rings is 1. The summed E-state index contributed by atoms with van der Waals surface area (Å²) in [5.74, 6) is 0.568. The zero-order chi connectivity index (χ0) is 9.39. The van der Waals surface area contributed by atoms with Gasteiger partial charge >= 0.3 is 0 Å². The molecule has 4 rings (SSSR count). The smallest absolute Gasteiger partial charge is 0.127 e. The van der Waals surface area contributed by atoms with Crippen LogP contribution >= 0.6 is 0 Å². The maximum absolute atomic E-state index is 11.3. The highest BCUT2D eigenvalue weighted by Crippen LogP contribution is 2.81. The monoisotopic (exact) mass is 184 g/mol. The first-order chi connectivity index (χ1) is 6.84. The number of carbonyl (C=O) groups excluding carboxylic acids is 1. The molecule has 0 radical (unpaired) electrons. The third kappa shape index (κ3) is 0.506. The Bertz CT molecular complexity index is 444. The first-order valence-electron chi connectivity index (χ1n) is 5.40. The summed E-state index contributed by atoms with van der Waals surface area (Å²) >= 11 is 0. The molecule has 3 aliphatic rings. The standard InChI is InChI=1S/C13H12O/c14-8-13-7-11(13)9-3-1-2-4-10(9)12(13)5-6-12/h1-4,8,11H,5-7H2. The van der Waals surface area contributed by atoms with Gasteiger partial charge in [0.25, 0.3) is 0 Å². The minimum atomic E-state index is 0.0384. The average molecular weight is 184 g/mol. The van der Waals surface area contributed by atoms with Gasteiger partial charge in [-0.1, -0.05) is 24.3 Å². The van der Waals surface area contributed by atoms with Crippen LogP contribution in [0.3, 0.4) is 0 Å². The zero-order valence-corrected chi connectivity index (χ0v) is 7.99. The van der Waals surface area contributed by atoms with Gasteiger partial charge in [0, 0.05) is 10.8 Å². The molecule has 14 heavy (non-hydrogen) atoms. The molecule has 1 nitrogen and oxygen atoms in total. The lowest BCUT2D eigenvalue weighted by Gasteiger charge is -2.17. The number of fused-ring (bicyclic) bond motifs is 5. The fourth-order valence-corrected chi connectivity index (χ4v) is 3.79. The predicted octanol–water partition coefficient (Wildman–Crippen LogP) is 2.40. The minimum Gasteiger partial charge on any atom is -0.303 e. The van der Waals surface area contributed by atoms with Crippen LogP contribution in [0.25, 0.3) is 0 Å². The average Bonchev–Trinajstić information content (AvgIpc) is 3.10. The Morgan fingerprint density at radius 3 is 2.79 bits per heavy atom. The first kappa shape index (κ1) is 7.22. The molecule has 0 saturated heterocycles. The maximum Gasteiger partial charge on any atom is 0.127 e. The maximum atomic E-state index is 11.3. The van der Waals surface area contributed by atoms with Crippen LogP contribution in [0.1, 0.15) is 36.3 Å². The zero-order valence-electron chi connectivity index (χ0n) is 7.99. The van der Waals surface area contributed by atoms with E-state index in [2.05, 4.69) is 24.3 Å². The summed E-state index contributed by atoms with van der Waals surface area (Å²) in [5.41, 5.74) is 3.28. The Balaban J connectivity index is 2.02. The molecule has 2 saturated carbocycles. The summed E-state index contributed by atoms with van der Waals surface area (Å²) in [7, 11) is 0. The van der Waals surface area contributed by atoms with Crippen molar-refractivity contribution in [2.45, 2.75) is 30.6 Å². The molecule has 1 spiro atoms. The van der Waals surface area contributed by atoms with Crippen LogP contribution in [0.4, 0.5) is 0 Å². The van der Waals surface area contributed by atoms with Crippen LogP contribution < -0.4 is 0 Å². The van der Waals surface area contributed by atoms with Crippen LogP contribution in [-0.2, 0) is 10.2 Å². The molecule has 0 bridgehead atoms. The highest BCUT2D eigenvalue weighted by Gasteiger charge is 2.77. The molecule has 0 N–H and O–H groups in total. The summed E-state index contributed by atoms with van der Waals surface area (Å²) in [6.07, 6.45) is 4.84. The Hall–Kier alpha value is -1.11. The minimum absolute atomic E-state index is 0.0384. The molecular formula is C13H12O. The van der Waals surface area contributed by atoms with Gasteiger partial charge in [0.2, 0.25) is 0 Å². The van der Waals surface area contributed by atoms with Crippen molar-refractivity contribution in [1.82, 2.24) is 0 Å². The van der Waals surface area contributed by atoms with E-state index in [0.29, 0.717) is 5.92 Å². The van der Waals surface area contributed by atoms with E-state index >= 15 is 0 Å². The number of aldehydes is 1. The molecular weight excluding hydrogens is 172 g/mol. The topological polar surface area (TPSA) is 17.1 Å². The molecule has 70 valence electrons. The van der Waals surface area contributed by atoms with Crippen LogP contribution in [0, 0.1) is 5.41 Å². The van der Waals surface area contributed by atoms with Gasteiger partial charge in [-0.2, -0.15) is 0 Å². The van der Waals surface area contributed by atoms with Crippen molar-refractivity contribution in [2.75, 3.05) is 0 Å². The van der Waals surface area contributed by atoms with Crippen molar-refractivity contribution >= 4 is 6.29 Å². The molecule has 1 aromatic carbocycles. The van der Waals surface area contributed by atoms with E-state index in [1.807, 2.05) is 0 Å². The van der Waals surface area contributed by atoms with Gasteiger partial charge in [0.1, 0.15) is 6.29 Å². The molecule has 0 heterocycles. The second-order valence-electron chi connectivity index (χ2n) is 5.08. The molecule has 0 amide bonds. The second kappa shape index (κ2) is 1.81. The molecule has 3 aliphatic carbocycles. The molecule has 2 fully saturated rings. The van der Waals surface area contributed by atoms with E-state index in [4.69, 9.17) is 0 Å². The molecule has 0 aromatic heterocycles. The van der Waals surface area contributed by atoms with Gasteiger partial charge in [0.05, 0.1) is 0 Å². The summed E-state index contributed by atoms with van der Waals surface area (Å²) < 4.78 is 0.